The van der Waals surface area contributed by atoms with Crippen LogP contribution < -0.4 is 5.32 Å². The van der Waals surface area contributed by atoms with Crippen LogP contribution in [0.1, 0.15) is 35.1 Å². The first-order valence-electron chi connectivity index (χ1n) is 9.18. The van der Waals surface area contributed by atoms with Gasteiger partial charge in [0.1, 0.15) is 5.65 Å². The van der Waals surface area contributed by atoms with Crippen LogP contribution >= 0.6 is 0 Å². The summed E-state index contributed by atoms with van der Waals surface area (Å²) in [5, 5.41) is 2.96. The summed E-state index contributed by atoms with van der Waals surface area (Å²) in [6.07, 6.45) is 4.25. The lowest BCUT2D eigenvalue weighted by molar-refractivity contribution is -0.120. The first kappa shape index (κ1) is 17.3. The van der Waals surface area contributed by atoms with Crippen molar-refractivity contribution >= 4 is 23.2 Å². The van der Waals surface area contributed by atoms with Gasteiger partial charge in [-0.1, -0.05) is 6.07 Å². The molecule has 0 bridgehead atoms. The standard InChI is InChI=1S/C21H21N3O3/c1-2-27-21(26)14-6-9-16(10-7-14)22-20(25)15-8-11-17-18(13-15)24-12-4-3-5-19(24)23-17/h3-7,9-10,12,15H,2,8,11,13H2,1H3,(H,22,25). The second-order valence-corrected chi connectivity index (χ2v) is 6.66. The normalized spacial score (nSPS) is 16.0. The summed E-state index contributed by atoms with van der Waals surface area (Å²) in [6.45, 7) is 2.11. The number of nitrogens with one attached hydrogen (secondary N) is 1. The molecule has 6 heteroatoms. The van der Waals surface area contributed by atoms with Crippen LogP contribution in [0.4, 0.5) is 5.69 Å². The molecule has 6 nitrogen and oxygen atoms in total. The minimum absolute atomic E-state index is 0.00424. The topological polar surface area (TPSA) is 72.7 Å². The van der Waals surface area contributed by atoms with Gasteiger partial charge in [-0.3, -0.25) is 4.79 Å². The smallest absolute Gasteiger partial charge is 0.338 e. The number of hydrogen-bond donors (Lipinski definition) is 1. The van der Waals surface area contributed by atoms with Crippen molar-refractivity contribution in [1.29, 1.82) is 0 Å². The number of carbonyl (C=O) groups excluding carboxylic acids is 2. The van der Waals surface area contributed by atoms with E-state index in [1.54, 1.807) is 31.2 Å². The Bertz CT molecular complexity index is 992. The lowest BCUT2D eigenvalue weighted by Crippen LogP contribution is -2.28. The molecule has 0 saturated carbocycles. The average molecular weight is 363 g/mol. The number of hydrogen-bond acceptors (Lipinski definition) is 4. The number of benzene rings is 1. The molecular formula is C21H21N3O3. The fourth-order valence-corrected chi connectivity index (χ4v) is 3.53. The van der Waals surface area contributed by atoms with Crippen LogP contribution in [-0.2, 0) is 22.4 Å². The van der Waals surface area contributed by atoms with E-state index in [4.69, 9.17) is 4.74 Å². The second kappa shape index (κ2) is 7.23. The number of anilines is 1. The van der Waals surface area contributed by atoms with Crippen LogP contribution in [0.2, 0.25) is 0 Å². The van der Waals surface area contributed by atoms with Crippen LogP contribution in [-0.4, -0.2) is 27.9 Å². The number of rotatable bonds is 4. The van der Waals surface area contributed by atoms with E-state index in [9.17, 15) is 9.59 Å². The Morgan fingerprint density at radius 3 is 2.81 bits per heavy atom. The molecule has 0 spiro atoms. The molecule has 0 aliphatic heterocycles. The molecule has 2 aromatic heterocycles. The number of aryl methyl sites for hydroxylation is 1. The predicted octanol–water partition coefficient (Wildman–Crippen LogP) is 3.25. The summed E-state index contributed by atoms with van der Waals surface area (Å²) >= 11 is 0. The average Bonchev–Trinajstić information content (AvgIpc) is 3.06. The van der Waals surface area contributed by atoms with Crippen LogP contribution in [0.3, 0.4) is 0 Å². The van der Waals surface area contributed by atoms with Gasteiger partial charge in [0.2, 0.25) is 5.91 Å². The zero-order valence-corrected chi connectivity index (χ0v) is 15.1. The monoisotopic (exact) mass is 363 g/mol. The van der Waals surface area contributed by atoms with Gasteiger partial charge in [0, 0.05) is 29.9 Å². The molecule has 3 aromatic rings. The summed E-state index contributed by atoms with van der Waals surface area (Å²) in [5.74, 6) is -0.458. The molecule has 1 atom stereocenters. The Morgan fingerprint density at radius 1 is 1.22 bits per heavy atom. The fourth-order valence-electron chi connectivity index (χ4n) is 3.53. The molecule has 0 fully saturated rings. The van der Waals surface area contributed by atoms with Crippen LogP contribution in [0.25, 0.3) is 5.65 Å². The number of aromatic nitrogens is 2. The number of ether oxygens (including phenoxy) is 1. The predicted molar refractivity (Wildman–Crippen MR) is 102 cm³/mol. The molecule has 1 aromatic carbocycles. The van der Waals surface area contributed by atoms with Gasteiger partial charge in [-0.05, 0) is 56.2 Å². The minimum Gasteiger partial charge on any atom is -0.462 e. The van der Waals surface area contributed by atoms with E-state index in [-0.39, 0.29) is 17.8 Å². The summed E-state index contributed by atoms with van der Waals surface area (Å²) in [4.78, 5) is 29.1. The third-order valence-electron chi connectivity index (χ3n) is 4.92. The lowest BCUT2D eigenvalue weighted by Gasteiger charge is -2.21. The number of pyridine rings is 1. The highest BCUT2D eigenvalue weighted by Crippen LogP contribution is 2.27. The maximum Gasteiger partial charge on any atom is 0.338 e. The van der Waals surface area contributed by atoms with Crippen molar-refractivity contribution in [2.75, 3.05) is 11.9 Å². The quantitative estimate of drug-likeness (QED) is 0.722. The Labute approximate surface area is 157 Å². The molecule has 0 radical (unpaired) electrons. The highest BCUT2D eigenvalue weighted by molar-refractivity contribution is 5.94. The Hall–Kier alpha value is -3.15. The summed E-state index contributed by atoms with van der Waals surface area (Å²) < 4.78 is 7.04. The number of amides is 1. The summed E-state index contributed by atoms with van der Waals surface area (Å²) in [7, 11) is 0. The summed E-state index contributed by atoms with van der Waals surface area (Å²) in [6, 6.07) is 12.7. The van der Waals surface area contributed by atoms with Gasteiger partial charge in [0.15, 0.2) is 0 Å². The molecule has 1 N–H and O–H groups in total. The van der Waals surface area contributed by atoms with Gasteiger partial charge >= 0.3 is 5.97 Å². The third-order valence-corrected chi connectivity index (χ3v) is 4.92. The van der Waals surface area contributed by atoms with Crippen molar-refractivity contribution in [3.8, 4) is 0 Å². The van der Waals surface area contributed by atoms with E-state index < -0.39 is 0 Å². The van der Waals surface area contributed by atoms with Crippen molar-refractivity contribution in [3.05, 3.63) is 65.6 Å². The molecule has 138 valence electrons. The number of esters is 1. The largest absolute Gasteiger partial charge is 0.462 e. The van der Waals surface area contributed by atoms with E-state index in [2.05, 4.69) is 14.7 Å². The molecule has 27 heavy (non-hydrogen) atoms. The molecule has 0 saturated heterocycles. The third kappa shape index (κ3) is 3.43. The zero-order chi connectivity index (χ0) is 18.8. The van der Waals surface area contributed by atoms with Crippen LogP contribution in [0.15, 0.2) is 48.7 Å². The summed E-state index contributed by atoms with van der Waals surface area (Å²) in [5.41, 5.74) is 4.29. The highest BCUT2D eigenvalue weighted by atomic mass is 16.5. The molecule has 1 unspecified atom stereocenters. The van der Waals surface area contributed by atoms with Gasteiger partial charge in [-0.2, -0.15) is 0 Å². The number of fused-ring (bicyclic) bond motifs is 3. The van der Waals surface area contributed by atoms with Crippen LogP contribution in [0, 0.1) is 5.92 Å². The Balaban J connectivity index is 1.45. The maximum atomic E-state index is 12.7. The molecule has 1 aliphatic carbocycles. The van der Waals surface area contributed by atoms with Gasteiger partial charge in [0.05, 0.1) is 17.9 Å². The SMILES string of the molecule is CCOC(=O)c1ccc(NC(=O)C2CCc3nc4ccccn4c3C2)cc1. The molecular weight excluding hydrogens is 342 g/mol. The second-order valence-electron chi connectivity index (χ2n) is 6.66. The van der Waals surface area contributed by atoms with E-state index in [1.807, 2.05) is 24.4 Å². The van der Waals surface area contributed by atoms with E-state index in [0.29, 0.717) is 24.3 Å². The number of carbonyl (C=O) groups is 2. The van der Waals surface area contributed by atoms with Crippen molar-refractivity contribution in [2.24, 2.45) is 5.92 Å². The van der Waals surface area contributed by atoms with Crippen molar-refractivity contribution in [1.82, 2.24) is 9.38 Å². The van der Waals surface area contributed by atoms with Gasteiger partial charge < -0.3 is 14.5 Å². The lowest BCUT2D eigenvalue weighted by atomic mass is 9.89. The highest BCUT2D eigenvalue weighted by Gasteiger charge is 2.28. The molecule has 1 aliphatic rings. The fraction of sp³-hybridized carbons (Fsp3) is 0.286. The molecule has 2 heterocycles. The van der Waals surface area contributed by atoms with Crippen molar-refractivity contribution in [3.63, 3.8) is 0 Å². The van der Waals surface area contributed by atoms with Gasteiger partial charge in [-0.15, -0.1) is 0 Å². The van der Waals surface area contributed by atoms with E-state index in [0.717, 1.165) is 29.9 Å². The van der Waals surface area contributed by atoms with Crippen LogP contribution in [0.5, 0.6) is 0 Å². The zero-order valence-electron chi connectivity index (χ0n) is 15.1. The Kier molecular flexibility index (Phi) is 4.62. The maximum absolute atomic E-state index is 12.7. The number of nitrogens with zero attached hydrogens (tertiary/aromatic N) is 2. The van der Waals surface area contributed by atoms with Gasteiger partial charge in [0.25, 0.3) is 0 Å². The van der Waals surface area contributed by atoms with E-state index in [1.165, 1.54) is 0 Å². The van der Waals surface area contributed by atoms with Crippen molar-refractivity contribution in [2.45, 2.75) is 26.2 Å². The van der Waals surface area contributed by atoms with E-state index >= 15 is 0 Å². The molecule has 1 amide bonds. The van der Waals surface area contributed by atoms with Gasteiger partial charge in [-0.25, -0.2) is 9.78 Å². The van der Waals surface area contributed by atoms with Crippen molar-refractivity contribution < 1.29 is 14.3 Å². The molecule has 4 rings (SSSR count). The first-order valence-corrected chi connectivity index (χ1v) is 9.18. The minimum atomic E-state index is -0.359. The first-order chi connectivity index (χ1) is 13.2. The number of imidazole rings is 1. The Morgan fingerprint density at radius 2 is 2.04 bits per heavy atom.